The van der Waals surface area contributed by atoms with Gasteiger partial charge in [-0.3, -0.25) is 0 Å². The standard InChI is InChI=1S/C10H16F4/c1-6(2)7-3-8(10(12,13)14)5-9(11)4-7/h6-9H,3-5H2,1-2H3. The summed E-state index contributed by atoms with van der Waals surface area (Å²) in [6, 6.07) is 0. The highest BCUT2D eigenvalue weighted by atomic mass is 19.4. The molecule has 84 valence electrons. The van der Waals surface area contributed by atoms with Gasteiger partial charge < -0.3 is 0 Å². The normalized spacial score (nSPS) is 34.9. The van der Waals surface area contributed by atoms with E-state index >= 15 is 0 Å². The molecule has 4 heteroatoms. The van der Waals surface area contributed by atoms with Crippen LogP contribution in [0.15, 0.2) is 0 Å². The van der Waals surface area contributed by atoms with Gasteiger partial charge in [0.1, 0.15) is 6.17 Å². The van der Waals surface area contributed by atoms with Crippen LogP contribution >= 0.6 is 0 Å². The van der Waals surface area contributed by atoms with Crippen molar-refractivity contribution in [1.29, 1.82) is 0 Å². The van der Waals surface area contributed by atoms with E-state index in [-0.39, 0.29) is 24.7 Å². The lowest BCUT2D eigenvalue weighted by molar-refractivity contribution is -0.192. The third-order valence-electron chi connectivity index (χ3n) is 3.09. The van der Waals surface area contributed by atoms with E-state index in [0.29, 0.717) is 6.42 Å². The van der Waals surface area contributed by atoms with E-state index < -0.39 is 18.3 Å². The second-order valence-electron chi connectivity index (χ2n) is 4.55. The van der Waals surface area contributed by atoms with Crippen LogP contribution in [-0.4, -0.2) is 12.3 Å². The summed E-state index contributed by atoms with van der Waals surface area (Å²) in [5.41, 5.74) is 0. The van der Waals surface area contributed by atoms with Crippen LogP contribution in [0.1, 0.15) is 33.1 Å². The highest BCUT2D eigenvalue weighted by molar-refractivity contribution is 4.83. The van der Waals surface area contributed by atoms with Crippen molar-refractivity contribution in [2.45, 2.75) is 45.5 Å². The summed E-state index contributed by atoms with van der Waals surface area (Å²) >= 11 is 0. The highest BCUT2D eigenvalue weighted by Gasteiger charge is 2.45. The lowest BCUT2D eigenvalue weighted by Crippen LogP contribution is -2.35. The van der Waals surface area contributed by atoms with Crippen molar-refractivity contribution < 1.29 is 17.6 Å². The van der Waals surface area contributed by atoms with Crippen molar-refractivity contribution in [2.75, 3.05) is 0 Å². The summed E-state index contributed by atoms with van der Waals surface area (Å²) in [6.45, 7) is 3.71. The van der Waals surface area contributed by atoms with Crippen LogP contribution in [-0.2, 0) is 0 Å². The van der Waals surface area contributed by atoms with Gasteiger partial charge in [0.2, 0.25) is 0 Å². The SMILES string of the molecule is CC(C)C1CC(F)CC(C(F)(F)F)C1. The molecule has 1 saturated carbocycles. The smallest absolute Gasteiger partial charge is 0.247 e. The third kappa shape index (κ3) is 2.85. The van der Waals surface area contributed by atoms with Crippen molar-refractivity contribution >= 4 is 0 Å². The average Bonchev–Trinajstić information content (AvgIpc) is 2.01. The van der Waals surface area contributed by atoms with Gasteiger partial charge in [-0.2, -0.15) is 13.2 Å². The van der Waals surface area contributed by atoms with Gasteiger partial charge in [-0.05, 0) is 31.1 Å². The number of alkyl halides is 4. The number of hydrogen-bond acceptors (Lipinski definition) is 0. The first-order valence-electron chi connectivity index (χ1n) is 5.01. The van der Waals surface area contributed by atoms with Crippen molar-refractivity contribution in [3.05, 3.63) is 0 Å². The van der Waals surface area contributed by atoms with E-state index in [4.69, 9.17) is 0 Å². The molecule has 14 heavy (non-hydrogen) atoms. The lowest BCUT2D eigenvalue weighted by Gasteiger charge is -2.34. The summed E-state index contributed by atoms with van der Waals surface area (Å²) in [6.07, 6.45) is -5.45. The predicted molar refractivity (Wildman–Crippen MR) is 46.6 cm³/mol. The molecule has 3 atom stereocenters. The molecule has 0 heterocycles. The first-order chi connectivity index (χ1) is 6.30. The molecule has 1 rings (SSSR count). The lowest BCUT2D eigenvalue weighted by atomic mass is 9.75. The first-order valence-corrected chi connectivity index (χ1v) is 5.01. The van der Waals surface area contributed by atoms with E-state index in [1.165, 1.54) is 0 Å². The highest BCUT2D eigenvalue weighted by Crippen LogP contribution is 2.43. The van der Waals surface area contributed by atoms with E-state index in [2.05, 4.69) is 0 Å². The summed E-state index contributed by atoms with van der Waals surface area (Å²) in [5, 5.41) is 0. The maximum Gasteiger partial charge on any atom is 0.391 e. The van der Waals surface area contributed by atoms with E-state index in [1.807, 2.05) is 13.8 Å². The minimum atomic E-state index is -4.22. The van der Waals surface area contributed by atoms with Crippen molar-refractivity contribution in [3.63, 3.8) is 0 Å². The molecule has 1 aliphatic carbocycles. The molecule has 0 amide bonds. The van der Waals surface area contributed by atoms with Gasteiger partial charge in [0, 0.05) is 0 Å². The molecule has 0 radical (unpaired) electrons. The van der Waals surface area contributed by atoms with Gasteiger partial charge in [-0.25, -0.2) is 4.39 Å². The van der Waals surface area contributed by atoms with Crippen LogP contribution in [0.5, 0.6) is 0 Å². The van der Waals surface area contributed by atoms with E-state index in [9.17, 15) is 17.6 Å². The van der Waals surface area contributed by atoms with Crippen molar-refractivity contribution in [3.8, 4) is 0 Å². The molecule has 0 spiro atoms. The molecule has 1 fully saturated rings. The summed E-state index contributed by atoms with van der Waals surface area (Å²) in [7, 11) is 0. The molecular formula is C10H16F4. The van der Waals surface area contributed by atoms with Crippen LogP contribution < -0.4 is 0 Å². The second kappa shape index (κ2) is 4.07. The Balaban J connectivity index is 2.63. The molecule has 0 aliphatic heterocycles. The van der Waals surface area contributed by atoms with Crippen LogP contribution in [0.25, 0.3) is 0 Å². The Morgan fingerprint density at radius 3 is 2.07 bits per heavy atom. The van der Waals surface area contributed by atoms with Gasteiger partial charge in [-0.15, -0.1) is 0 Å². The van der Waals surface area contributed by atoms with Crippen molar-refractivity contribution in [1.82, 2.24) is 0 Å². The molecule has 3 unspecified atom stereocenters. The predicted octanol–water partition coefficient (Wildman–Crippen LogP) is 3.96. The van der Waals surface area contributed by atoms with Crippen LogP contribution in [0.4, 0.5) is 17.6 Å². The summed E-state index contributed by atoms with van der Waals surface area (Å²) in [5.74, 6) is -1.41. The van der Waals surface area contributed by atoms with Gasteiger partial charge in [0.25, 0.3) is 0 Å². The van der Waals surface area contributed by atoms with E-state index in [0.717, 1.165) is 0 Å². The topological polar surface area (TPSA) is 0 Å². The fourth-order valence-electron chi connectivity index (χ4n) is 2.10. The zero-order valence-corrected chi connectivity index (χ0v) is 8.44. The number of halogens is 4. The van der Waals surface area contributed by atoms with Gasteiger partial charge >= 0.3 is 6.18 Å². The number of hydrogen-bond donors (Lipinski definition) is 0. The molecule has 0 nitrogen and oxygen atoms in total. The fraction of sp³-hybridized carbons (Fsp3) is 1.00. The molecular weight excluding hydrogens is 196 g/mol. The maximum absolute atomic E-state index is 13.1. The second-order valence-corrected chi connectivity index (χ2v) is 4.55. The fourth-order valence-corrected chi connectivity index (χ4v) is 2.10. The minimum absolute atomic E-state index is 0.0988. The molecule has 0 aromatic carbocycles. The van der Waals surface area contributed by atoms with Crippen LogP contribution in [0.2, 0.25) is 0 Å². The van der Waals surface area contributed by atoms with Crippen molar-refractivity contribution in [2.24, 2.45) is 17.8 Å². The molecule has 0 bridgehead atoms. The Kier molecular flexibility index (Phi) is 3.43. The minimum Gasteiger partial charge on any atom is -0.247 e. The molecule has 0 saturated heterocycles. The molecule has 0 aromatic heterocycles. The molecule has 0 N–H and O–H groups in total. The Hall–Kier alpha value is -0.280. The molecule has 0 aromatic rings. The Labute approximate surface area is 81.7 Å². The molecule has 1 aliphatic rings. The Bertz CT molecular complexity index is 185. The quantitative estimate of drug-likeness (QED) is 0.577. The largest absolute Gasteiger partial charge is 0.391 e. The van der Waals surface area contributed by atoms with Gasteiger partial charge in [0.15, 0.2) is 0 Å². The summed E-state index contributed by atoms with van der Waals surface area (Å²) in [4.78, 5) is 0. The van der Waals surface area contributed by atoms with Gasteiger partial charge in [-0.1, -0.05) is 13.8 Å². The average molecular weight is 212 g/mol. The zero-order valence-electron chi connectivity index (χ0n) is 8.44. The van der Waals surface area contributed by atoms with Gasteiger partial charge in [0.05, 0.1) is 5.92 Å². The summed E-state index contributed by atoms with van der Waals surface area (Å²) < 4.78 is 50.2. The number of rotatable bonds is 1. The van der Waals surface area contributed by atoms with Crippen LogP contribution in [0.3, 0.4) is 0 Å². The Morgan fingerprint density at radius 2 is 1.64 bits per heavy atom. The van der Waals surface area contributed by atoms with Crippen LogP contribution in [0, 0.1) is 17.8 Å². The van der Waals surface area contributed by atoms with E-state index in [1.54, 1.807) is 0 Å². The zero-order chi connectivity index (χ0) is 10.9. The monoisotopic (exact) mass is 212 g/mol. The first kappa shape index (κ1) is 11.8. The third-order valence-corrected chi connectivity index (χ3v) is 3.09. The Morgan fingerprint density at radius 1 is 1.07 bits per heavy atom. The maximum atomic E-state index is 13.1.